The minimum absolute atomic E-state index is 0.0597. The van der Waals surface area contributed by atoms with Gasteiger partial charge in [-0.15, -0.1) is 0 Å². The van der Waals surface area contributed by atoms with Crippen LogP contribution in [0.15, 0.2) is 23.5 Å². The number of nitrogens with zero attached hydrogens (tertiary/aromatic N) is 2. The Morgan fingerprint density at radius 1 is 1.44 bits per heavy atom. The highest BCUT2D eigenvalue weighted by atomic mass is 16.6. The van der Waals surface area contributed by atoms with Crippen LogP contribution in [0.3, 0.4) is 0 Å². The van der Waals surface area contributed by atoms with Crippen LogP contribution in [-0.2, 0) is 0 Å². The fourth-order valence-electron chi connectivity index (χ4n) is 3.08. The van der Waals surface area contributed by atoms with Gasteiger partial charge in [-0.1, -0.05) is 26.7 Å². The molecule has 0 fully saturated rings. The monoisotopic (exact) mass is 252 g/mol. The summed E-state index contributed by atoms with van der Waals surface area (Å²) in [6.07, 6.45) is 8.24. The van der Waals surface area contributed by atoms with Gasteiger partial charge in [0.2, 0.25) is 6.20 Å². The highest BCUT2D eigenvalue weighted by Crippen LogP contribution is 2.39. The number of rotatable bonds is 5. The molecule has 0 unspecified atom stereocenters. The van der Waals surface area contributed by atoms with Crippen LogP contribution < -0.4 is 0 Å². The van der Waals surface area contributed by atoms with Gasteiger partial charge >= 0.3 is 0 Å². The van der Waals surface area contributed by atoms with Gasteiger partial charge in [0.25, 0.3) is 0 Å². The lowest BCUT2D eigenvalue weighted by Gasteiger charge is -2.47. The van der Waals surface area contributed by atoms with Crippen molar-refractivity contribution in [3.63, 3.8) is 0 Å². The molecule has 0 saturated carbocycles. The van der Waals surface area contributed by atoms with Gasteiger partial charge in [0.05, 0.1) is 4.92 Å². The topological polar surface area (TPSA) is 46.4 Å². The second-order valence-corrected chi connectivity index (χ2v) is 5.24. The van der Waals surface area contributed by atoms with Crippen molar-refractivity contribution in [2.24, 2.45) is 0 Å². The maximum Gasteiger partial charge on any atom is 0.237 e. The fraction of sp³-hybridized carbons (Fsp3) is 0.714. The maximum atomic E-state index is 10.7. The molecular weight excluding hydrogens is 228 g/mol. The Kier molecular flexibility index (Phi) is 4.93. The zero-order valence-electron chi connectivity index (χ0n) is 11.9. The molecular formula is C14H24N2O2. The van der Waals surface area contributed by atoms with Crippen molar-refractivity contribution in [3.8, 4) is 0 Å². The number of nitro groups is 1. The van der Waals surface area contributed by atoms with Crippen molar-refractivity contribution in [1.29, 1.82) is 0 Å². The molecule has 0 amide bonds. The van der Waals surface area contributed by atoms with E-state index in [9.17, 15) is 10.1 Å². The van der Waals surface area contributed by atoms with Crippen molar-refractivity contribution in [2.75, 3.05) is 7.05 Å². The van der Waals surface area contributed by atoms with Gasteiger partial charge in [-0.05, 0) is 25.8 Å². The zero-order chi connectivity index (χ0) is 13.8. The van der Waals surface area contributed by atoms with Crippen LogP contribution in [0.2, 0.25) is 0 Å². The summed E-state index contributed by atoms with van der Waals surface area (Å²) in [5.41, 5.74) is 2.03. The average molecular weight is 252 g/mol. The minimum atomic E-state index is -0.340. The van der Waals surface area contributed by atoms with E-state index in [2.05, 4.69) is 25.8 Å². The maximum absolute atomic E-state index is 10.7. The fourth-order valence-corrected chi connectivity index (χ4v) is 3.08. The summed E-state index contributed by atoms with van der Waals surface area (Å²) in [5, 5.41) is 10.7. The summed E-state index contributed by atoms with van der Waals surface area (Å²) < 4.78 is 0. The third-order valence-electron chi connectivity index (χ3n) is 3.87. The van der Waals surface area contributed by atoms with E-state index in [-0.39, 0.29) is 10.5 Å². The Labute approximate surface area is 110 Å². The Bertz CT molecular complexity index is 366. The van der Waals surface area contributed by atoms with E-state index in [1.807, 2.05) is 13.0 Å². The van der Waals surface area contributed by atoms with E-state index < -0.39 is 0 Å². The molecule has 0 bridgehead atoms. The summed E-state index contributed by atoms with van der Waals surface area (Å²) in [6, 6.07) is 0. The molecule has 1 heterocycles. The highest BCUT2D eigenvalue weighted by Gasteiger charge is 2.37. The first-order chi connectivity index (χ1) is 8.45. The van der Waals surface area contributed by atoms with Gasteiger partial charge in [-0.3, -0.25) is 10.1 Å². The summed E-state index contributed by atoms with van der Waals surface area (Å²) >= 11 is 0. The van der Waals surface area contributed by atoms with Gasteiger partial charge in [-0.25, -0.2) is 0 Å². The average Bonchev–Trinajstić information content (AvgIpc) is 2.25. The van der Waals surface area contributed by atoms with Gasteiger partial charge in [0.1, 0.15) is 0 Å². The van der Waals surface area contributed by atoms with Crippen LogP contribution in [0, 0.1) is 10.1 Å². The molecule has 1 aliphatic heterocycles. The van der Waals surface area contributed by atoms with Crippen molar-refractivity contribution in [2.45, 2.75) is 58.4 Å². The van der Waals surface area contributed by atoms with Crippen molar-refractivity contribution < 1.29 is 4.92 Å². The summed E-state index contributed by atoms with van der Waals surface area (Å²) in [4.78, 5) is 12.6. The van der Waals surface area contributed by atoms with Crippen LogP contribution in [0.5, 0.6) is 0 Å². The van der Waals surface area contributed by atoms with Crippen LogP contribution in [0.1, 0.15) is 52.9 Å². The number of hydrogen-bond donors (Lipinski definition) is 0. The first kappa shape index (κ1) is 14.7. The molecule has 0 spiro atoms. The van der Waals surface area contributed by atoms with Crippen molar-refractivity contribution >= 4 is 0 Å². The van der Waals surface area contributed by atoms with Gasteiger partial charge in [0, 0.05) is 30.3 Å². The van der Waals surface area contributed by atoms with E-state index in [4.69, 9.17) is 0 Å². The molecule has 102 valence electrons. The Hall–Kier alpha value is -1.32. The van der Waals surface area contributed by atoms with E-state index in [0.717, 1.165) is 49.6 Å². The largest absolute Gasteiger partial charge is 0.372 e. The smallest absolute Gasteiger partial charge is 0.237 e. The van der Waals surface area contributed by atoms with E-state index >= 15 is 0 Å². The van der Waals surface area contributed by atoms with Crippen LogP contribution in [0.4, 0.5) is 0 Å². The second-order valence-electron chi connectivity index (χ2n) is 5.24. The van der Waals surface area contributed by atoms with Gasteiger partial charge in [-0.2, -0.15) is 0 Å². The van der Waals surface area contributed by atoms with Crippen LogP contribution in [0.25, 0.3) is 0 Å². The lowest BCUT2D eigenvalue weighted by Crippen LogP contribution is -2.47. The van der Waals surface area contributed by atoms with Crippen LogP contribution in [-0.4, -0.2) is 22.4 Å². The number of allylic oxidation sites excluding steroid dienone is 2. The summed E-state index contributed by atoms with van der Waals surface area (Å²) in [5.74, 6) is 0. The normalized spacial score (nSPS) is 21.0. The third kappa shape index (κ3) is 3.12. The predicted octanol–water partition coefficient (Wildman–Crippen LogP) is 3.73. The summed E-state index contributed by atoms with van der Waals surface area (Å²) in [6.45, 7) is 6.39. The lowest BCUT2D eigenvalue weighted by molar-refractivity contribution is -0.403. The molecule has 0 aromatic carbocycles. The summed E-state index contributed by atoms with van der Waals surface area (Å²) in [7, 11) is 2.11. The first-order valence-corrected chi connectivity index (χ1v) is 6.71. The molecule has 4 nitrogen and oxygen atoms in total. The molecule has 0 aromatic rings. The van der Waals surface area contributed by atoms with Crippen molar-refractivity contribution in [1.82, 2.24) is 4.90 Å². The van der Waals surface area contributed by atoms with E-state index in [1.165, 1.54) is 0 Å². The Morgan fingerprint density at radius 3 is 2.44 bits per heavy atom. The number of hydrogen-bond acceptors (Lipinski definition) is 3. The van der Waals surface area contributed by atoms with E-state index in [1.54, 1.807) is 0 Å². The Balaban J connectivity index is 3.11. The van der Waals surface area contributed by atoms with Gasteiger partial charge < -0.3 is 4.90 Å². The third-order valence-corrected chi connectivity index (χ3v) is 3.87. The Morgan fingerprint density at radius 2 is 2.00 bits per heavy atom. The first-order valence-electron chi connectivity index (χ1n) is 6.71. The molecule has 4 heteroatoms. The van der Waals surface area contributed by atoms with E-state index in [0.29, 0.717) is 0 Å². The second kappa shape index (κ2) is 6.03. The molecule has 1 aliphatic rings. The van der Waals surface area contributed by atoms with Crippen molar-refractivity contribution in [3.05, 3.63) is 33.7 Å². The van der Waals surface area contributed by atoms with Gasteiger partial charge in [0.15, 0.2) is 0 Å². The zero-order valence-corrected chi connectivity index (χ0v) is 11.9. The minimum Gasteiger partial charge on any atom is -0.372 e. The molecule has 0 N–H and O–H groups in total. The van der Waals surface area contributed by atoms with Crippen LogP contribution >= 0.6 is 0 Å². The highest BCUT2D eigenvalue weighted by molar-refractivity contribution is 5.29. The molecule has 1 rings (SSSR count). The molecule has 0 radical (unpaired) electrons. The molecule has 0 atom stereocenters. The molecule has 0 aliphatic carbocycles. The predicted molar refractivity (Wildman–Crippen MR) is 73.8 cm³/mol. The standard InChI is InChI=1S/C14H24N2O2/c1-5-7-14(8-6-2)10-13(11-16(17)18)9-12(3)15(14)4/h9,11H,5-8,10H2,1-4H3/b13-11-. The quantitative estimate of drug-likeness (QED) is 0.553. The SMILES string of the molecule is CCCC1(CCC)C/C(=C\[N+](=O)[O-])C=C(C)N1C. The molecule has 0 saturated heterocycles. The molecule has 0 aromatic heterocycles. The molecule has 18 heavy (non-hydrogen) atoms. The lowest BCUT2D eigenvalue weighted by atomic mass is 9.78.